The lowest BCUT2D eigenvalue weighted by molar-refractivity contribution is -0.132. The van der Waals surface area contributed by atoms with Gasteiger partial charge in [-0.1, -0.05) is 26.0 Å². The summed E-state index contributed by atoms with van der Waals surface area (Å²) in [7, 11) is 1.89. The summed E-state index contributed by atoms with van der Waals surface area (Å²) in [6.45, 7) is 7.51. The molecule has 1 amide bonds. The van der Waals surface area contributed by atoms with Gasteiger partial charge in [-0.05, 0) is 55.2 Å². The van der Waals surface area contributed by atoms with Crippen LogP contribution in [0.2, 0.25) is 0 Å². The Bertz CT molecular complexity index is 492. The molecule has 2 rings (SSSR count). The molecular formula is C18H27NO2. The van der Waals surface area contributed by atoms with Gasteiger partial charge in [0, 0.05) is 13.6 Å². The molecule has 0 radical (unpaired) electrons. The Hall–Kier alpha value is -1.51. The van der Waals surface area contributed by atoms with Crippen LogP contribution in [0.15, 0.2) is 24.3 Å². The van der Waals surface area contributed by atoms with Gasteiger partial charge in [0.05, 0.1) is 0 Å². The van der Waals surface area contributed by atoms with Crippen LogP contribution in [0.4, 0.5) is 0 Å². The first-order valence-corrected chi connectivity index (χ1v) is 7.84. The second-order valence-corrected chi connectivity index (χ2v) is 6.95. The molecule has 1 aromatic carbocycles. The molecule has 0 N–H and O–H groups in total. The van der Waals surface area contributed by atoms with E-state index in [1.165, 1.54) is 19.3 Å². The van der Waals surface area contributed by atoms with Crippen LogP contribution >= 0.6 is 0 Å². The highest BCUT2D eigenvalue weighted by Crippen LogP contribution is 2.50. The summed E-state index contributed by atoms with van der Waals surface area (Å²) in [6.07, 6.45) is 3.71. The maximum Gasteiger partial charge on any atom is 0.260 e. The van der Waals surface area contributed by atoms with E-state index in [2.05, 4.69) is 13.8 Å². The van der Waals surface area contributed by atoms with E-state index < -0.39 is 0 Å². The Balaban J connectivity index is 1.80. The molecule has 1 aliphatic rings. The quantitative estimate of drug-likeness (QED) is 0.766. The van der Waals surface area contributed by atoms with E-state index in [1.807, 2.05) is 43.1 Å². The zero-order chi connectivity index (χ0) is 15.5. The van der Waals surface area contributed by atoms with Gasteiger partial charge in [0.2, 0.25) is 0 Å². The normalized spacial score (nSPS) is 15.9. The standard InChI is InChI=1S/C18H27NO2/c1-14(2)11-18(8-9-18)13-19(4)17(20)12-21-16-7-5-6-15(3)10-16/h5-7,10,14H,8-9,11-13H2,1-4H3. The predicted molar refractivity (Wildman–Crippen MR) is 85.4 cm³/mol. The van der Waals surface area contributed by atoms with Crippen molar-refractivity contribution in [2.24, 2.45) is 11.3 Å². The van der Waals surface area contributed by atoms with Crippen LogP contribution in [0.3, 0.4) is 0 Å². The first-order valence-electron chi connectivity index (χ1n) is 7.84. The predicted octanol–water partition coefficient (Wildman–Crippen LogP) is 3.66. The number of carbonyl (C=O) groups is 1. The first-order chi connectivity index (χ1) is 9.90. The van der Waals surface area contributed by atoms with Gasteiger partial charge < -0.3 is 9.64 Å². The maximum absolute atomic E-state index is 12.2. The van der Waals surface area contributed by atoms with Gasteiger partial charge in [0.25, 0.3) is 5.91 Å². The van der Waals surface area contributed by atoms with Crippen molar-refractivity contribution in [1.29, 1.82) is 0 Å². The van der Waals surface area contributed by atoms with E-state index in [9.17, 15) is 4.79 Å². The van der Waals surface area contributed by atoms with Crippen LogP contribution in [0.25, 0.3) is 0 Å². The Morgan fingerprint density at radius 3 is 2.67 bits per heavy atom. The summed E-state index contributed by atoms with van der Waals surface area (Å²) in [5.74, 6) is 1.52. The number of carbonyl (C=O) groups excluding carboxylic acids is 1. The van der Waals surface area contributed by atoms with E-state index in [0.29, 0.717) is 11.3 Å². The molecule has 3 heteroatoms. The van der Waals surface area contributed by atoms with E-state index in [4.69, 9.17) is 4.74 Å². The second-order valence-electron chi connectivity index (χ2n) is 6.95. The van der Waals surface area contributed by atoms with Crippen LogP contribution in [-0.4, -0.2) is 31.0 Å². The molecule has 1 aliphatic carbocycles. The van der Waals surface area contributed by atoms with Crippen molar-refractivity contribution < 1.29 is 9.53 Å². The highest BCUT2D eigenvalue weighted by atomic mass is 16.5. The summed E-state index contributed by atoms with van der Waals surface area (Å²) in [5, 5.41) is 0. The van der Waals surface area contributed by atoms with E-state index >= 15 is 0 Å². The van der Waals surface area contributed by atoms with Crippen LogP contribution < -0.4 is 4.74 Å². The lowest BCUT2D eigenvalue weighted by Crippen LogP contribution is -2.36. The van der Waals surface area contributed by atoms with Gasteiger partial charge >= 0.3 is 0 Å². The number of rotatable bonds is 7. The largest absolute Gasteiger partial charge is 0.484 e. The monoisotopic (exact) mass is 289 g/mol. The molecule has 0 saturated heterocycles. The summed E-state index contributed by atoms with van der Waals surface area (Å²) in [5.41, 5.74) is 1.52. The molecule has 0 heterocycles. The summed E-state index contributed by atoms with van der Waals surface area (Å²) < 4.78 is 5.59. The number of hydrogen-bond acceptors (Lipinski definition) is 2. The minimum absolute atomic E-state index is 0.0616. The maximum atomic E-state index is 12.2. The van der Waals surface area contributed by atoms with Gasteiger partial charge in [0.1, 0.15) is 5.75 Å². The molecule has 21 heavy (non-hydrogen) atoms. The summed E-state index contributed by atoms with van der Waals surface area (Å²) in [6, 6.07) is 7.81. The third-order valence-electron chi connectivity index (χ3n) is 4.15. The van der Waals surface area contributed by atoms with Crippen molar-refractivity contribution in [3.05, 3.63) is 29.8 Å². The molecule has 1 saturated carbocycles. The molecule has 0 aliphatic heterocycles. The molecule has 1 fully saturated rings. The summed E-state index contributed by atoms with van der Waals surface area (Å²) in [4.78, 5) is 14.0. The van der Waals surface area contributed by atoms with Crippen molar-refractivity contribution in [3.8, 4) is 5.75 Å². The Morgan fingerprint density at radius 1 is 1.38 bits per heavy atom. The van der Waals surface area contributed by atoms with E-state index in [0.717, 1.165) is 17.9 Å². The fourth-order valence-electron chi connectivity index (χ4n) is 3.02. The number of likely N-dealkylation sites (N-methyl/N-ethyl adjacent to an activating group) is 1. The van der Waals surface area contributed by atoms with Crippen molar-refractivity contribution in [2.45, 2.75) is 40.0 Å². The van der Waals surface area contributed by atoms with Gasteiger partial charge in [-0.2, -0.15) is 0 Å². The third kappa shape index (κ3) is 4.76. The first kappa shape index (κ1) is 15.9. The fraction of sp³-hybridized carbons (Fsp3) is 0.611. The molecule has 1 aromatic rings. The van der Waals surface area contributed by atoms with Gasteiger partial charge in [-0.15, -0.1) is 0 Å². The van der Waals surface area contributed by atoms with Gasteiger partial charge in [-0.3, -0.25) is 4.79 Å². The highest BCUT2D eigenvalue weighted by Gasteiger charge is 2.44. The highest BCUT2D eigenvalue weighted by molar-refractivity contribution is 5.77. The van der Waals surface area contributed by atoms with Crippen molar-refractivity contribution in [2.75, 3.05) is 20.2 Å². The van der Waals surface area contributed by atoms with E-state index in [-0.39, 0.29) is 12.5 Å². The number of amides is 1. The Morgan fingerprint density at radius 2 is 2.10 bits per heavy atom. The van der Waals surface area contributed by atoms with E-state index in [1.54, 1.807) is 0 Å². The molecule has 0 bridgehead atoms. The van der Waals surface area contributed by atoms with Gasteiger partial charge in [-0.25, -0.2) is 0 Å². The SMILES string of the molecule is Cc1cccc(OCC(=O)N(C)CC2(CC(C)C)CC2)c1. The lowest BCUT2D eigenvalue weighted by Gasteiger charge is -2.25. The molecule has 0 aromatic heterocycles. The zero-order valence-electron chi connectivity index (χ0n) is 13.7. The molecular weight excluding hydrogens is 262 g/mol. The van der Waals surface area contributed by atoms with Crippen LogP contribution in [0.5, 0.6) is 5.75 Å². The smallest absolute Gasteiger partial charge is 0.260 e. The number of benzene rings is 1. The topological polar surface area (TPSA) is 29.5 Å². The minimum atomic E-state index is 0.0616. The van der Waals surface area contributed by atoms with Crippen molar-refractivity contribution >= 4 is 5.91 Å². The Labute approximate surface area is 128 Å². The van der Waals surface area contributed by atoms with Gasteiger partial charge in [0.15, 0.2) is 6.61 Å². The molecule has 0 unspecified atom stereocenters. The van der Waals surface area contributed by atoms with Crippen LogP contribution in [0, 0.1) is 18.3 Å². The molecule has 0 spiro atoms. The zero-order valence-corrected chi connectivity index (χ0v) is 13.7. The van der Waals surface area contributed by atoms with Crippen LogP contribution in [-0.2, 0) is 4.79 Å². The van der Waals surface area contributed by atoms with Crippen molar-refractivity contribution in [1.82, 2.24) is 4.90 Å². The summed E-state index contributed by atoms with van der Waals surface area (Å²) >= 11 is 0. The molecule has 116 valence electrons. The minimum Gasteiger partial charge on any atom is -0.484 e. The number of hydrogen-bond donors (Lipinski definition) is 0. The van der Waals surface area contributed by atoms with Crippen molar-refractivity contribution in [3.63, 3.8) is 0 Å². The number of aryl methyl sites for hydroxylation is 1. The Kier molecular flexibility index (Phi) is 4.92. The second kappa shape index (κ2) is 6.50. The third-order valence-corrected chi connectivity index (χ3v) is 4.15. The molecule has 0 atom stereocenters. The fourth-order valence-corrected chi connectivity index (χ4v) is 3.02. The van der Waals surface area contributed by atoms with Crippen LogP contribution in [0.1, 0.15) is 38.7 Å². The molecule has 3 nitrogen and oxygen atoms in total. The average Bonchev–Trinajstić information content (AvgIpc) is 3.14. The number of ether oxygens (including phenoxy) is 1. The number of nitrogens with zero attached hydrogens (tertiary/aromatic N) is 1. The average molecular weight is 289 g/mol. The lowest BCUT2D eigenvalue weighted by atomic mass is 9.94.